The number of hydrogen-bond acceptors (Lipinski definition) is 2. The number of nitrogens with zero attached hydrogens (tertiary/aromatic N) is 1. The van der Waals surface area contributed by atoms with Crippen LogP contribution in [0.25, 0.3) is 0 Å². The van der Waals surface area contributed by atoms with Crippen molar-refractivity contribution < 1.29 is 9.18 Å². The average Bonchev–Trinajstić information content (AvgIpc) is 2.49. The maximum Gasteiger partial charge on any atom is 0.234 e. The fourth-order valence-electron chi connectivity index (χ4n) is 2.94. The average molecular weight is 294 g/mol. The lowest BCUT2D eigenvalue weighted by Gasteiger charge is -2.36. The van der Waals surface area contributed by atoms with Crippen LogP contribution < -0.4 is 10.6 Å². The van der Waals surface area contributed by atoms with E-state index in [9.17, 15) is 9.18 Å². The zero-order chi connectivity index (χ0) is 15.9. The van der Waals surface area contributed by atoms with Crippen LogP contribution in [0.15, 0.2) is 24.3 Å². The Morgan fingerprint density at radius 1 is 1.14 bits per heavy atom. The van der Waals surface area contributed by atoms with Gasteiger partial charge in [0.15, 0.2) is 0 Å². The number of anilines is 1. The molecular formula is C17H27FN2O. The summed E-state index contributed by atoms with van der Waals surface area (Å²) in [6.45, 7) is 6.98. The Kier molecular flexibility index (Phi) is 6.82. The fraction of sp³-hybridized carbons (Fsp3) is 0.588. The largest absolute Gasteiger partial charge is 0.329 e. The third-order valence-corrected chi connectivity index (χ3v) is 4.00. The van der Waals surface area contributed by atoms with Crippen molar-refractivity contribution >= 4 is 11.6 Å². The zero-order valence-electron chi connectivity index (χ0n) is 13.4. The summed E-state index contributed by atoms with van der Waals surface area (Å²) < 4.78 is 13.1. The molecule has 0 unspecified atom stereocenters. The SMILES string of the molecule is CCCC(CN)(CCC)C(=O)N(CC)c1ccc(F)cc1. The fourth-order valence-corrected chi connectivity index (χ4v) is 2.94. The molecule has 0 aliphatic heterocycles. The van der Waals surface area contributed by atoms with E-state index in [0.717, 1.165) is 31.4 Å². The highest BCUT2D eigenvalue weighted by Gasteiger charge is 2.38. The van der Waals surface area contributed by atoms with E-state index >= 15 is 0 Å². The van der Waals surface area contributed by atoms with Gasteiger partial charge in [-0.25, -0.2) is 4.39 Å². The van der Waals surface area contributed by atoms with Gasteiger partial charge >= 0.3 is 0 Å². The van der Waals surface area contributed by atoms with Crippen molar-refractivity contribution in [2.45, 2.75) is 46.5 Å². The first-order valence-electron chi connectivity index (χ1n) is 7.82. The van der Waals surface area contributed by atoms with Crippen LogP contribution in [0.3, 0.4) is 0 Å². The predicted octanol–water partition coefficient (Wildman–Crippen LogP) is 3.72. The smallest absolute Gasteiger partial charge is 0.234 e. The highest BCUT2D eigenvalue weighted by Crippen LogP contribution is 2.33. The Labute approximate surface area is 127 Å². The second kappa shape index (κ2) is 8.13. The van der Waals surface area contributed by atoms with E-state index in [4.69, 9.17) is 5.73 Å². The van der Waals surface area contributed by atoms with Gasteiger partial charge in [0.1, 0.15) is 5.82 Å². The van der Waals surface area contributed by atoms with E-state index < -0.39 is 5.41 Å². The molecule has 0 spiro atoms. The normalized spacial score (nSPS) is 11.5. The van der Waals surface area contributed by atoms with E-state index in [1.165, 1.54) is 12.1 Å². The van der Waals surface area contributed by atoms with Gasteiger partial charge in [0, 0.05) is 18.8 Å². The summed E-state index contributed by atoms with van der Waals surface area (Å²) in [5, 5.41) is 0. The summed E-state index contributed by atoms with van der Waals surface area (Å²) in [6.07, 6.45) is 3.41. The number of carbonyl (C=O) groups excluding carboxylic acids is 1. The molecule has 1 rings (SSSR count). The molecule has 4 heteroatoms. The van der Waals surface area contributed by atoms with Crippen LogP contribution in [0.2, 0.25) is 0 Å². The molecule has 1 aromatic rings. The van der Waals surface area contributed by atoms with Crippen molar-refractivity contribution in [3.05, 3.63) is 30.1 Å². The van der Waals surface area contributed by atoms with E-state index in [0.29, 0.717) is 13.1 Å². The Bertz CT molecular complexity index is 439. The molecule has 21 heavy (non-hydrogen) atoms. The summed E-state index contributed by atoms with van der Waals surface area (Å²) in [7, 11) is 0. The molecule has 0 saturated carbocycles. The van der Waals surface area contributed by atoms with Crippen LogP contribution in [0.1, 0.15) is 46.5 Å². The molecule has 3 nitrogen and oxygen atoms in total. The van der Waals surface area contributed by atoms with E-state index in [1.54, 1.807) is 17.0 Å². The van der Waals surface area contributed by atoms with Crippen molar-refractivity contribution in [2.75, 3.05) is 18.0 Å². The Morgan fingerprint density at radius 3 is 2.05 bits per heavy atom. The lowest BCUT2D eigenvalue weighted by Crippen LogP contribution is -2.48. The van der Waals surface area contributed by atoms with Crippen molar-refractivity contribution in [1.82, 2.24) is 0 Å². The van der Waals surface area contributed by atoms with Crippen LogP contribution >= 0.6 is 0 Å². The summed E-state index contributed by atoms with van der Waals surface area (Å²) in [5.41, 5.74) is 6.19. The molecule has 0 aromatic heterocycles. The molecular weight excluding hydrogens is 267 g/mol. The molecule has 1 amide bonds. The predicted molar refractivity (Wildman–Crippen MR) is 85.7 cm³/mol. The Morgan fingerprint density at radius 2 is 1.67 bits per heavy atom. The molecule has 118 valence electrons. The van der Waals surface area contributed by atoms with Gasteiger partial charge in [0.25, 0.3) is 0 Å². The van der Waals surface area contributed by atoms with Gasteiger partial charge < -0.3 is 10.6 Å². The standard InChI is InChI=1S/C17H27FN2O/c1-4-11-17(13-19,12-5-2)16(21)20(6-3)15-9-7-14(18)8-10-15/h7-10H,4-6,11-13,19H2,1-3H3. The minimum Gasteiger partial charge on any atom is -0.329 e. The van der Waals surface area contributed by atoms with Crippen molar-refractivity contribution in [3.8, 4) is 0 Å². The van der Waals surface area contributed by atoms with Crippen LogP contribution in [0.5, 0.6) is 0 Å². The van der Waals surface area contributed by atoms with Crippen molar-refractivity contribution in [1.29, 1.82) is 0 Å². The first-order valence-corrected chi connectivity index (χ1v) is 7.82. The zero-order valence-corrected chi connectivity index (χ0v) is 13.4. The summed E-state index contributed by atoms with van der Waals surface area (Å²) >= 11 is 0. The molecule has 0 atom stereocenters. The topological polar surface area (TPSA) is 46.3 Å². The first-order chi connectivity index (χ1) is 10.0. The van der Waals surface area contributed by atoms with Crippen LogP contribution in [0, 0.1) is 11.2 Å². The van der Waals surface area contributed by atoms with Crippen LogP contribution in [-0.2, 0) is 4.79 Å². The van der Waals surface area contributed by atoms with Gasteiger partial charge in [-0.05, 0) is 44.0 Å². The van der Waals surface area contributed by atoms with Crippen molar-refractivity contribution in [3.63, 3.8) is 0 Å². The van der Waals surface area contributed by atoms with Crippen LogP contribution in [0.4, 0.5) is 10.1 Å². The summed E-state index contributed by atoms with van der Waals surface area (Å²) in [4.78, 5) is 14.8. The number of halogens is 1. The molecule has 2 N–H and O–H groups in total. The molecule has 0 aliphatic rings. The van der Waals surface area contributed by atoms with E-state index in [-0.39, 0.29) is 11.7 Å². The second-order valence-corrected chi connectivity index (χ2v) is 5.51. The third kappa shape index (κ3) is 4.03. The molecule has 1 aromatic carbocycles. The first kappa shape index (κ1) is 17.6. The monoisotopic (exact) mass is 294 g/mol. The highest BCUT2D eigenvalue weighted by atomic mass is 19.1. The van der Waals surface area contributed by atoms with E-state index in [2.05, 4.69) is 13.8 Å². The second-order valence-electron chi connectivity index (χ2n) is 5.51. The lowest BCUT2D eigenvalue weighted by molar-refractivity contribution is -0.128. The number of rotatable bonds is 8. The minimum atomic E-state index is -0.506. The number of nitrogens with two attached hydrogens (primary N) is 1. The number of amides is 1. The molecule has 0 aliphatic carbocycles. The highest BCUT2D eigenvalue weighted by molar-refractivity contribution is 5.97. The molecule has 0 fully saturated rings. The Hall–Kier alpha value is -1.42. The molecule has 0 heterocycles. The van der Waals surface area contributed by atoms with Gasteiger partial charge in [-0.15, -0.1) is 0 Å². The summed E-state index contributed by atoms with van der Waals surface area (Å²) in [5.74, 6) is -0.239. The lowest BCUT2D eigenvalue weighted by atomic mass is 9.77. The Balaban J connectivity index is 3.11. The van der Waals surface area contributed by atoms with Gasteiger partial charge in [-0.2, -0.15) is 0 Å². The summed E-state index contributed by atoms with van der Waals surface area (Å²) in [6, 6.07) is 6.07. The number of hydrogen-bond donors (Lipinski definition) is 1. The maximum atomic E-state index is 13.1. The number of carbonyl (C=O) groups is 1. The van der Waals surface area contributed by atoms with Gasteiger partial charge in [-0.1, -0.05) is 26.7 Å². The van der Waals surface area contributed by atoms with Gasteiger partial charge in [-0.3, -0.25) is 4.79 Å². The third-order valence-electron chi connectivity index (χ3n) is 4.00. The molecule has 0 saturated heterocycles. The van der Waals surface area contributed by atoms with Crippen molar-refractivity contribution in [2.24, 2.45) is 11.1 Å². The van der Waals surface area contributed by atoms with Crippen LogP contribution in [-0.4, -0.2) is 19.0 Å². The van der Waals surface area contributed by atoms with Gasteiger partial charge in [0.2, 0.25) is 5.91 Å². The van der Waals surface area contributed by atoms with E-state index in [1.807, 2.05) is 6.92 Å². The van der Waals surface area contributed by atoms with Gasteiger partial charge in [0.05, 0.1) is 5.41 Å². The molecule has 0 bridgehead atoms. The quantitative estimate of drug-likeness (QED) is 0.794. The molecule has 0 radical (unpaired) electrons. The number of benzene rings is 1. The maximum absolute atomic E-state index is 13.1. The minimum absolute atomic E-state index is 0.0582.